The SMILES string of the molecule is CC(C)(C)N(C(=O)O)[C@@H](C[C@@H]1CCOC1)[C@@H](CO)O[Si](C)(C)C(C)(C)C. The predicted molar refractivity (Wildman–Crippen MR) is 106 cm³/mol. The Labute approximate surface area is 160 Å². The molecule has 0 aromatic heterocycles. The van der Waals surface area contributed by atoms with E-state index in [2.05, 4.69) is 33.9 Å². The molecule has 0 bridgehead atoms. The number of hydrogen-bond acceptors (Lipinski definition) is 4. The average Bonchev–Trinajstić information content (AvgIpc) is 2.93. The topological polar surface area (TPSA) is 79.2 Å². The van der Waals surface area contributed by atoms with Gasteiger partial charge in [-0.2, -0.15) is 0 Å². The summed E-state index contributed by atoms with van der Waals surface area (Å²) in [5.41, 5.74) is -0.583. The number of hydrogen-bond donors (Lipinski definition) is 2. The Morgan fingerprint density at radius 2 is 1.85 bits per heavy atom. The summed E-state index contributed by atoms with van der Waals surface area (Å²) in [6, 6.07) is -0.404. The highest BCUT2D eigenvalue weighted by Gasteiger charge is 2.45. The van der Waals surface area contributed by atoms with Crippen molar-refractivity contribution >= 4 is 14.4 Å². The van der Waals surface area contributed by atoms with Gasteiger partial charge in [0.25, 0.3) is 0 Å². The molecule has 26 heavy (non-hydrogen) atoms. The number of ether oxygens (including phenoxy) is 1. The van der Waals surface area contributed by atoms with Crippen LogP contribution in [-0.2, 0) is 9.16 Å². The molecule has 0 aliphatic carbocycles. The standard InChI is InChI=1S/C19H39NO5Si/c1-18(2,3)20(17(22)23)15(11-14-9-10-24-13-14)16(12-21)25-26(7,8)19(4,5)6/h14-16,21H,9-13H2,1-8H3,(H,22,23)/t14-,15-,16+/m0/s1. The molecule has 7 heteroatoms. The summed E-state index contributed by atoms with van der Waals surface area (Å²) in [4.78, 5) is 13.6. The molecule has 0 aromatic rings. The third kappa shape index (κ3) is 5.94. The van der Waals surface area contributed by atoms with E-state index >= 15 is 0 Å². The monoisotopic (exact) mass is 389 g/mol. The molecule has 2 N–H and O–H groups in total. The van der Waals surface area contributed by atoms with Gasteiger partial charge < -0.3 is 19.4 Å². The minimum atomic E-state index is -2.16. The van der Waals surface area contributed by atoms with Crippen LogP contribution in [-0.4, -0.2) is 67.0 Å². The molecular weight excluding hydrogens is 350 g/mol. The summed E-state index contributed by atoms with van der Waals surface area (Å²) in [7, 11) is -2.16. The van der Waals surface area contributed by atoms with E-state index in [1.165, 1.54) is 4.90 Å². The first-order valence-corrected chi connectivity index (χ1v) is 12.5. The van der Waals surface area contributed by atoms with Crippen molar-refractivity contribution in [3.63, 3.8) is 0 Å². The number of nitrogens with zero attached hydrogens (tertiary/aromatic N) is 1. The van der Waals surface area contributed by atoms with E-state index in [9.17, 15) is 15.0 Å². The van der Waals surface area contributed by atoms with Crippen molar-refractivity contribution in [3.8, 4) is 0 Å². The number of aliphatic hydroxyl groups excluding tert-OH is 1. The zero-order chi connectivity index (χ0) is 20.3. The number of carboxylic acid groups (broad SMARTS) is 1. The highest BCUT2D eigenvalue weighted by Crippen LogP contribution is 2.39. The normalized spacial score (nSPS) is 21.5. The first-order chi connectivity index (χ1) is 11.7. The fourth-order valence-corrected chi connectivity index (χ4v) is 4.60. The van der Waals surface area contributed by atoms with Gasteiger partial charge >= 0.3 is 6.09 Å². The summed E-state index contributed by atoms with van der Waals surface area (Å²) < 4.78 is 12.0. The second kappa shape index (κ2) is 8.58. The quantitative estimate of drug-likeness (QED) is 0.645. The Hall–Kier alpha value is -0.633. The van der Waals surface area contributed by atoms with Gasteiger partial charge in [0.2, 0.25) is 0 Å². The molecule has 1 aliphatic heterocycles. The molecule has 1 amide bonds. The van der Waals surface area contributed by atoms with Crippen LogP contribution in [0.3, 0.4) is 0 Å². The van der Waals surface area contributed by atoms with Gasteiger partial charge in [0.1, 0.15) is 0 Å². The van der Waals surface area contributed by atoms with Crippen molar-refractivity contribution in [2.24, 2.45) is 5.92 Å². The molecule has 154 valence electrons. The first kappa shape index (κ1) is 23.4. The van der Waals surface area contributed by atoms with Crippen LogP contribution < -0.4 is 0 Å². The molecular formula is C19H39NO5Si. The van der Waals surface area contributed by atoms with Gasteiger partial charge in [0.05, 0.1) is 18.8 Å². The van der Waals surface area contributed by atoms with E-state index in [-0.39, 0.29) is 11.6 Å². The third-order valence-electron chi connectivity index (χ3n) is 5.72. The lowest BCUT2D eigenvalue weighted by Gasteiger charge is -2.47. The van der Waals surface area contributed by atoms with E-state index < -0.39 is 32.1 Å². The van der Waals surface area contributed by atoms with E-state index in [1.54, 1.807) is 0 Å². The molecule has 1 fully saturated rings. The zero-order valence-corrected chi connectivity index (χ0v) is 18.8. The number of aliphatic hydroxyl groups is 1. The van der Waals surface area contributed by atoms with Crippen molar-refractivity contribution < 1.29 is 24.2 Å². The Morgan fingerprint density at radius 3 is 2.19 bits per heavy atom. The molecule has 1 heterocycles. The highest BCUT2D eigenvalue weighted by atomic mass is 28.4. The van der Waals surface area contributed by atoms with Crippen LogP contribution in [0, 0.1) is 5.92 Å². The van der Waals surface area contributed by atoms with Crippen LogP contribution in [0.4, 0.5) is 4.79 Å². The fourth-order valence-electron chi connectivity index (χ4n) is 3.25. The molecule has 0 saturated carbocycles. The lowest BCUT2D eigenvalue weighted by molar-refractivity contribution is -0.0187. The van der Waals surface area contributed by atoms with Gasteiger partial charge in [-0.25, -0.2) is 4.79 Å². The Balaban J connectivity index is 3.20. The maximum absolute atomic E-state index is 12.1. The van der Waals surface area contributed by atoms with Crippen molar-refractivity contribution in [3.05, 3.63) is 0 Å². The van der Waals surface area contributed by atoms with Crippen LogP contribution in [0.2, 0.25) is 18.1 Å². The Bertz CT molecular complexity index is 464. The Morgan fingerprint density at radius 1 is 1.27 bits per heavy atom. The third-order valence-corrected chi connectivity index (χ3v) is 10.2. The number of carbonyl (C=O) groups is 1. The minimum absolute atomic E-state index is 0.0166. The van der Waals surface area contributed by atoms with Gasteiger partial charge in [-0.05, 0) is 57.7 Å². The molecule has 3 atom stereocenters. The summed E-state index contributed by atoms with van der Waals surface area (Å²) in [6.45, 7) is 17.5. The maximum atomic E-state index is 12.1. The van der Waals surface area contributed by atoms with Crippen LogP contribution in [0.15, 0.2) is 0 Å². The van der Waals surface area contributed by atoms with E-state index in [4.69, 9.17) is 9.16 Å². The van der Waals surface area contributed by atoms with E-state index in [1.807, 2.05) is 20.8 Å². The molecule has 0 radical (unpaired) electrons. The van der Waals surface area contributed by atoms with E-state index in [0.717, 1.165) is 6.42 Å². The summed E-state index contributed by atoms with van der Waals surface area (Å²) in [6.07, 6.45) is 0.0565. The number of rotatable bonds is 7. The smallest absolute Gasteiger partial charge is 0.408 e. The highest BCUT2D eigenvalue weighted by molar-refractivity contribution is 6.74. The minimum Gasteiger partial charge on any atom is -0.465 e. The fraction of sp³-hybridized carbons (Fsp3) is 0.947. The van der Waals surface area contributed by atoms with Gasteiger partial charge in [0, 0.05) is 18.8 Å². The van der Waals surface area contributed by atoms with Crippen LogP contribution in [0.25, 0.3) is 0 Å². The van der Waals surface area contributed by atoms with Crippen molar-refractivity contribution in [2.45, 2.75) is 90.2 Å². The van der Waals surface area contributed by atoms with Crippen LogP contribution in [0.1, 0.15) is 54.4 Å². The molecule has 0 aromatic carbocycles. The predicted octanol–water partition coefficient (Wildman–Crippen LogP) is 3.94. The first-order valence-electron chi connectivity index (χ1n) is 9.59. The van der Waals surface area contributed by atoms with Gasteiger partial charge in [-0.15, -0.1) is 0 Å². The van der Waals surface area contributed by atoms with E-state index in [0.29, 0.717) is 25.6 Å². The van der Waals surface area contributed by atoms with Crippen molar-refractivity contribution in [1.29, 1.82) is 0 Å². The van der Waals surface area contributed by atoms with Gasteiger partial charge in [-0.3, -0.25) is 4.90 Å². The van der Waals surface area contributed by atoms with Crippen LogP contribution in [0.5, 0.6) is 0 Å². The second-order valence-corrected chi connectivity index (χ2v) is 14.7. The summed E-state index contributed by atoms with van der Waals surface area (Å²) in [5, 5.41) is 20.1. The lowest BCUT2D eigenvalue weighted by atomic mass is 9.91. The van der Waals surface area contributed by atoms with Gasteiger partial charge in [0.15, 0.2) is 8.32 Å². The van der Waals surface area contributed by atoms with Crippen molar-refractivity contribution in [1.82, 2.24) is 4.90 Å². The molecule has 1 rings (SSSR count). The largest absolute Gasteiger partial charge is 0.465 e. The lowest BCUT2D eigenvalue weighted by Crippen LogP contribution is -2.59. The summed E-state index contributed by atoms with van der Waals surface area (Å²) in [5.74, 6) is 0.293. The van der Waals surface area contributed by atoms with Crippen LogP contribution >= 0.6 is 0 Å². The maximum Gasteiger partial charge on any atom is 0.408 e. The molecule has 0 spiro atoms. The Kier molecular flexibility index (Phi) is 7.73. The van der Waals surface area contributed by atoms with Gasteiger partial charge in [-0.1, -0.05) is 20.8 Å². The summed E-state index contributed by atoms with van der Waals surface area (Å²) >= 11 is 0. The van der Waals surface area contributed by atoms with Crippen molar-refractivity contribution in [2.75, 3.05) is 19.8 Å². The number of amides is 1. The average molecular weight is 390 g/mol. The second-order valence-electron chi connectivity index (χ2n) is 9.96. The molecule has 0 unspecified atom stereocenters. The molecule has 1 saturated heterocycles. The molecule has 6 nitrogen and oxygen atoms in total. The molecule has 1 aliphatic rings. The zero-order valence-electron chi connectivity index (χ0n) is 17.8.